The van der Waals surface area contributed by atoms with Gasteiger partial charge >= 0.3 is 0 Å². The highest BCUT2D eigenvalue weighted by molar-refractivity contribution is 6.13. The summed E-state index contributed by atoms with van der Waals surface area (Å²) in [5, 5.41) is 31.6. The second-order valence-corrected chi connectivity index (χ2v) is 9.77. The largest absolute Gasteiger partial charge is 0.504 e. The van der Waals surface area contributed by atoms with Gasteiger partial charge in [-0.2, -0.15) is 0 Å². The van der Waals surface area contributed by atoms with E-state index in [-0.39, 0.29) is 41.3 Å². The number of likely N-dealkylation sites (tertiary alicyclic amines) is 1. The first kappa shape index (κ1) is 20.5. The Morgan fingerprint density at radius 2 is 1.74 bits per heavy atom. The van der Waals surface area contributed by atoms with Gasteiger partial charge in [0.25, 0.3) is 11.8 Å². The summed E-state index contributed by atoms with van der Waals surface area (Å²) in [6.45, 7) is 1.85. The minimum absolute atomic E-state index is 0.0126. The molecule has 31 heavy (non-hydrogen) atoms. The van der Waals surface area contributed by atoms with Gasteiger partial charge in [0.15, 0.2) is 11.5 Å². The van der Waals surface area contributed by atoms with Crippen LogP contribution in [-0.2, 0) is 16.0 Å². The van der Waals surface area contributed by atoms with Crippen LogP contribution in [0.4, 0.5) is 0 Å². The molecule has 2 unspecified atom stereocenters. The summed E-state index contributed by atoms with van der Waals surface area (Å²) >= 11 is 0. The number of piperidine rings is 1. The fourth-order valence-electron chi connectivity index (χ4n) is 5.93. The van der Waals surface area contributed by atoms with Gasteiger partial charge in [0.2, 0.25) is 0 Å². The van der Waals surface area contributed by atoms with Crippen LogP contribution in [0, 0.1) is 11.8 Å². The van der Waals surface area contributed by atoms with E-state index in [0.717, 1.165) is 25.1 Å². The van der Waals surface area contributed by atoms with Gasteiger partial charge in [0, 0.05) is 30.8 Å². The van der Waals surface area contributed by atoms with Crippen molar-refractivity contribution in [2.75, 3.05) is 13.1 Å². The number of nitrogens with zero attached hydrogens (tertiary/aromatic N) is 2. The molecular formula is C24H30N2O5. The molecule has 7 nitrogen and oxygen atoms in total. The molecule has 0 radical (unpaired) electrons. The highest BCUT2D eigenvalue weighted by Gasteiger charge is 2.54. The lowest BCUT2D eigenvalue weighted by Gasteiger charge is -2.55. The topological polar surface area (TPSA) is 101 Å². The predicted molar refractivity (Wildman–Crippen MR) is 113 cm³/mol. The zero-order valence-corrected chi connectivity index (χ0v) is 17.6. The molecule has 3 N–H and O–H groups in total. The Labute approximate surface area is 182 Å². The molecule has 3 fully saturated rings. The maximum absolute atomic E-state index is 12.2. The fraction of sp³-hybridized carbons (Fsp3) is 0.583. The molecule has 1 aromatic carbocycles. The summed E-state index contributed by atoms with van der Waals surface area (Å²) in [5.41, 5.74) is -0.0254. The minimum atomic E-state index is -0.906. The molecule has 2 saturated carbocycles. The van der Waals surface area contributed by atoms with Gasteiger partial charge < -0.3 is 15.3 Å². The lowest BCUT2D eigenvalue weighted by molar-refractivity contribution is -0.161. The fourth-order valence-corrected chi connectivity index (χ4v) is 5.93. The molecule has 1 aromatic rings. The molecule has 166 valence electrons. The first-order valence-electron chi connectivity index (χ1n) is 11.4. The number of amides is 2. The van der Waals surface area contributed by atoms with Gasteiger partial charge in [0.1, 0.15) is 0 Å². The average molecular weight is 427 g/mol. The van der Waals surface area contributed by atoms with Crippen LogP contribution in [0.15, 0.2) is 30.4 Å². The first-order chi connectivity index (χ1) is 14.8. The van der Waals surface area contributed by atoms with Gasteiger partial charge in [-0.05, 0) is 81.0 Å². The molecule has 4 aliphatic rings. The van der Waals surface area contributed by atoms with E-state index in [9.17, 15) is 24.9 Å². The molecule has 2 aliphatic carbocycles. The van der Waals surface area contributed by atoms with Crippen molar-refractivity contribution < 1.29 is 24.9 Å². The van der Waals surface area contributed by atoms with Crippen LogP contribution in [0.3, 0.4) is 0 Å². The van der Waals surface area contributed by atoms with Crippen LogP contribution >= 0.6 is 0 Å². The summed E-state index contributed by atoms with van der Waals surface area (Å²) in [6, 6.07) is 4.62. The Kier molecular flexibility index (Phi) is 5.06. The number of rotatable bonds is 5. The standard InChI is InChI=1S/C24H30N2O5/c27-19-4-3-16(11-20(19)28)12-21-24(31)9-7-18(26-22(29)5-6-23(26)30)13-17(24)8-10-25(21)14-15-1-2-15/h3-6,11,15,17-18,21,27-28,31H,1-2,7-10,12-14H2/t17?,18?,21-,24+/m1/s1. The van der Waals surface area contributed by atoms with E-state index in [4.69, 9.17) is 0 Å². The smallest absolute Gasteiger partial charge is 0.253 e. The first-order valence-corrected chi connectivity index (χ1v) is 11.4. The Balaban J connectivity index is 1.39. The van der Waals surface area contributed by atoms with Crippen molar-refractivity contribution in [1.29, 1.82) is 0 Å². The Hall–Kier alpha value is -2.38. The molecule has 7 heteroatoms. The Bertz CT molecular complexity index is 909. The normalized spacial score (nSPS) is 33.7. The van der Waals surface area contributed by atoms with Crippen LogP contribution in [0.2, 0.25) is 0 Å². The number of carbonyl (C=O) groups excluding carboxylic acids is 2. The Morgan fingerprint density at radius 3 is 2.42 bits per heavy atom. The highest BCUT2D eigenvalue weighted by Crippen LogP contribution is 2.47. The van der Waals surface area contributed by atoms with Crippen LogP contribution in [0.25, 0.3) is 0 Å². The van der Waals surface area contributed by atoms with E-state index in [1.54, 1.807) is 12.1 Å². The van der Waals surface area contributed by atoms with Crippen molar-refractivity contribution in [3.05, 3.63) is 35.9 Å². The molecule has 0 aromatic heterocycles. The highest BCUT2D eigenvalue weighted by atomic mass is 16.3. The van der Waals surface area contributed by atoms with Crippen LogP contribution in [-0.4, -0.2) is 67.7 Å². The summed E-state index contributed by atoms with van der Waals surface area (Å²) in [4.78, 5) is 28.1. The number of fused-ring (bicyclic) bond motifs is 1. The number of phenolic OH excluding ortho intramolecular Hbond substituents is 2. The molecule has 2 amide bonds. The van der Waals surface area contributed by atoms with Crippen LogP contribution in [0.1, 0.15) is 44.1 Å². The third-order valence-electron chi connectivity index (χ3n) is 7.79. The number of benzene rings is 1. The van der Waals surface area contributed by atoms with E-state index in [1.807, 2.05) is 0 Å². The second-order valence-electron chi connectivity index (χ2n) is 9.77. The average Bonchev–Trinajstić information content (AvgIpc) is 3.49. The molecule has 2 aliphatic heterocycles. The number of carbonyl (C=O) groups is 2. The number of imide groups is 1. The number of aromatic hydroxyl groups is 2. The maximum atomic E-state index is 12.2. The molecular weight excluding hydrogens is 396 g/mol. The van der Waals surface area contributed by atoms with Crippen molar-refractivity contribution in [3.63, 3.8) is 0 Å². The van der Waals surface area contributed by atoms with Gasteiger partial charge in [-0.3, -0.25) is 19.4 Å². The second kappa shape index (κ2) is 7.64. The molecule has 2 heterocycles. The molecule has 4 atom stereocenters. The minimum Gasteiger partial charge on any atom is -0.504 e. The van der Waals surface area contributed by atoms with Gasteiger partial charge in [0.05, 0.1) is 5.60 Å². The summed E-state index contributed by atoms with van der Waals surface area (Å²) in [5.74, 6) is -0.0806. The van der Waals surface area contributed by atoms with E-state index in [2.05, 4.69) is 4.90 Å². The lowest BCUT2D eigenvalue weighted by Crippen LogP contribution is -2.65. The molecule has 0 spiro atoms. The lowest BCUT2D eigenvalue weighted by atomic mass is 9.64. The number of aliphatic hydroxyl groups is 1. The van der Waals surface area contributed by atoms with Gasteiger partial charge in [-0.1, -0.05) is 6.07 Å². The van der Waals surface area contributed by atoms with Crippen LogP contribution in [0.5, 0.6) is 11.5 Å². The SMILES string of the molecule is O=C1C=CC(=O)N1C1CC[C@]2(O)C(CCN(CC3CC3)[C@@H]2Cc2ccc(O)c(O)c2)C1. The molecule has 0 bridgehead atoms. The third-order valence-corrected chi connectivity index (χ3v) is 7.79. The number of phenols is 2. The zero-order valence-electron chi connectivity index (χ0n) is 17.6. The predicted octanol–water partition coefficient (Wildman–Crippen LogP) is 1.95. The third kappa shape index (κ3) is 3.74. The van der Waals surface area contributed by atoms with Crippen LogP contribution < -0.4 is 0 Å². The van der Waals surface area contributed by atoms with Gasteiger partial charge in [-0.25, -0.2) is 0 Å². The van der Waals surface area contributed by atoms with E-state index in [1.165, 1.54) is 36.0 Å². The van der Waals surface area contributed by atoms with Crippen molar-refractivity contribution >= 4 is 11.8 Å². The van der Waals surface area contributed by atoms with Crippen molar-refractivity contribution in [2.24, 2.45) is 11.8 Å². The number of hydrogen-bond donors (Lipinski definition) is 3. The maximum Gasteiger partial charge on any atom is 0.253 e. The van der Waals surface area contributed by atoms with Crippen molar-refractivity contribution in [2.45, 2.75) is 62.6 Å². The summed E-state index contributed by atoms with van der Waals surface area (Å²) < 4.78 is 0. The van der Waals surface area contributed by atoms with E-state index < -0.39 is 5.60 Å². The van der Waals surface area contributed by atoms with Crippen molar-refractivity contribution in [3.8, 4) is 11.5 Å². The number of hydrogen-bond acceptors (Lipinski definition) is 6. The van der Waals surface area contributed by atoms with E-state index >= 15 is 0 Å². The molecule has 5 rings (SSSR count). The summed E-state index contributed by atoms with van der Waals surface area (Å²) in [7, 11) is 0. The molecule has 1 saturated heterocycles. The Morgan fingerprint density at radius 1 is 1.00 bits per heavy atom. The zero-order chi connectivity index (χ0) is 21.8. The summed E-state index contributed by atoms with van der Waals surface area (Å²) in [6.07, 6.45) is 8.34. The van der Waals surface area contributed by atoms with Gasteiger partial charge in [-0.15, -0.1) is 0 Å². The quantitative estimate of drug-likeness (QED) is 0.491. The van der Waals surface area contributed by atoms with E-state index in [0.29, 0.717) is 31.6 Å². The van der Waals surface area contributed by atoms with Crippen molar-refractivity contribution in [1.82, 2.24) is 9.80 Å². The monoisotopic (exact) mass is 426 g/mol.